The molecule has 0 bridgehead atoms. The van der Waals surface area contributed by atoms with Crippen LogP contribution < -0.4 is 0 Å². The third-order valence-corrected chi connectivity index (χ3v) is 2.88. The van der Waals surface area contributed by atoms with E-state index in [1.165, 1.54) is 12.1 Å². The second kappa shape index (κ2) is 6.31. The first-order chi connectivity index (χ1) is 8.88. The summed E-state index contributed by atoms with van der Waals surface area (Å²) in [5, 5.41) is 8.94. The van der Waals surface area contributed by atoms with Gasteiger partial charge in [-0.25, -0.2) is 9.78 Å². The molecule has 19 heavy (non-hydrogen) atoms. The van der Waals surface area contributed by atoms with E-state index >= 15 is 0 Å². The van der Waals surface area contributed by atoms with Crippen molar-refractivity contribution in [2.75, 3.05) is 6.54 Å². The van der Waals surface area contributed by atoms with Crippen LogP contribution >= 0.6 is 0 Å². The highest BCUT2D eigenvalue weighted by atomic mass is 16.4. The molecule has 1 heterocycles. The summed E-state index contributed by atoms with van der Waals surface area (Å²) in [5.41, 5.74) is 0.784. The van der Waals surface area contributed by atoms with Crippen molar-refractivity contribution >= 4 is 11.9 Å². The fraction of sp³-hybridized carbons (Fsp3) is 0.500. The molecule has 1 N–H and O–H groups in total. The summed E-state index contributed by atoms with van der Waals surface area (Å²) in [6, 6.07) is 3.00. The van der Waals surface area contributed by atoms with E-state index in [1.807, 2.05) is 20.8 Å². The van der Waals surface area contributed by atoms with Crippen LogP contribution in [0, 0.1) is 6.92 Å². The molecule has 1 aromatic rings. The lowest BCUT2D eigenvalue weighted by Gasteiger charge is -2.26. The predicted molar refractivity (Wildman–Crippen MR) is 72.4 cm³/mol. The molecule has 0 unspecified atom stereocenters. The quantitative estimate of drug-likeness (QED) is 0.886. The van der Waals surface area contributed by atoms with Gasteiger partial charge in [-0.1, -0.05) is 6.92 Å². The zero-order valence-electron chi connectivity index (χ0n) is 11.8. The maximum absolute atomic E-state index is 12.3. The number of aryl methyl sites for hydroxylation is 1. The molecule has 104 valence electrons. The van der Waals surface area contributed by atoms with E-state index in [0.717, 1.165) is 6.42 Å². The average Bonchev–Trinajstić information content (AvgIpc) is 2.34. The van der Waals surface area contributed by atoms with Gasteiger partial charge >= 0.3 is 5.97 Å². The molecule has 0 aromatic carbocycles. The van der Waals surface area contributed by atoms with Crippen LogP contribution in [0.25, 0.3) is 0 Å². The van der Waals surface area contributed by atoms with Gasteiger partial charge in [0.15, 0.2) is 0 Å². The maximum Gasteiger partial charge on any atom is 0.337 e. The van der Waals surface area contributed by atoms with Crippen LogP contribution in [0.4, 0.5) is 0 Å². The summed E-state index contributed by atoms with van der Waals surface area (Å²) >= 11 is 0. The van der Waals surface area contributed by atoms with Crippen LogP contribution in [-0.4, -0.2) is 39.5 Å². The van der Waals surface area contributed by atoms with E-state index in [9.17, 15) is 9.59 Å². The van der Waals surface area contributed by atoms with Gasteiger partial charge < -0.3 is 10.0 Å². The Labute approximate surface area is 113 Å². The van der Waals surface area contributed by atoms with Gasteiger partial charge in [-0.2, -0.15) is 0 Å². The molecule has 1 amide bonds. The first kappa shape index (κ1) is 15.1. The first-order valence-corrected chi connectivity index (χ1v) is 6.40. The Hall–Kier alpha value is -1.91. The lowest BCUT2D eigenvalue weighted by atomic mass is 10.1. The molecular weight excluding hydrogens is 244 g/mol. The van der Waals surface area contributed by atoms with E-state index in [-0.39, 0.29) is 17.5 Å². The number of aromatic nitrogens is 1. The standard InChI is InChI=1S/C14H20N2O3/c1-5-8-16(9(2)3)13(17)12-7-6-11(14(18)19)10(4)15-12/h6-7,9H,5,8H2,1-4H3,(H,18,19). The Morgan fingerprint density at radius 3 is 2.42 bits per heavy atom. The monoisotopic (exact) mass is 264 g/mol. The molecule has 1 rings (SSSR count). The van der Waals surface area contributed by atoms with Gasteiger partial charge in [-0.05, 0) is 39.3 Å². The molecule has 0 fully saturated rings. The summed E-state index contributed by atoms with van der Waals surface area (Å²) in [5.74, 6) is -1.19. The summed E-state index contributed by atoms with van der Waals surface area (Å²) < 4.78 is 0. The lowest BCUT2D eigenvalue weighted by molar-refractivity contribution is 0.0681. The van der Waals surface area contributed by atoms with Crippen LogP contribution in [0.1, 0.15) is 53.7 Å². The molecular formula is C14H20N2O3. The number of carbonyl (C=O) groups excluding carboxylic acids is 1. The average molecular weight is 264 g/mol. The van der Waals surface area contributed by atoms with Gasteiger partial charge in [0.2, 0.25) is 0 Å². The van der Waals surface area contributed by atoms with E-state index in [1.54, 1.807) is 11.8 Å². The molecule has 0 aliphatic carbocycles. The smallest absolute Gasteiger partial charge is 0.337 e. The highest BCUT2D eigenvalue weighted by molar-refractivity contribution is 5.94. The number of rotatable bonds is 5. The summed E-state index contributed by atoms with van der Waals surface area (Å²) in [6.45, 7) is 8.17. The molecule has 5 heteroatoms. The Kier molecular flexibility index (Phi) is 5.03. The number of pyridine rings is 1. The van der Waals surface area contributed by atoms with Crippen molar-refractivity contribution in [3.8, 4) is 0 Å². The predicted octanol–water partition coefficient (Wildman–Crippen LogP) is 2.35. The fourth-order valence-corrected chi connectivity index (χ4v) is 1.89. The first-order valence-electron chi connectivity index (χ1n) is 6.40. The van der Waals surface area contributed by atoms with Crippen molar-refractivity contribution in [1.29, 1.82) is 0 Å². The van der Waals surface area contributed by atoms with Crippen LogP contribution in [-0.2, 0) is 0 Å². The zero-order chi connectivity index (χ0) is 14.6. The SMILES string of the molecule is CCCN(C(=O)c1ccc(C(=O)O)c(C)n1)C(C)C. The van der Waals surface area contributed by atoms with Crippen LogP contribution in [0.2, 0.25) is 0 Å². The van der Waals surface area contributed by atoms with Crippen LogP contribution in [0.5, 0.6) is 0 Å². The van der Waals surface area contributed by atoms with Crippen molar-refractivity contribution in [2.24, 2.45) is 0 Å². The topological polar surface area (TPSA) is 70.5 Å². The van der Waals surface area contributed by atoms with Gasteiger partial charge in [0.05, 0.1) is 11.3 Å². The van der Waals surface area contributed by atoms with Crippen molar-refractivity contribution in [3.05, 3.63) is 29.1 Å². The summed E-state index contributed by atoms with van der Waals surface area (Å²) in [7, 11) is 0. The maximum atomic E-state index is 12.3. The lowest BCUT2D eigenvalue weighted by Crippen LogP contribution is -2.38. The van der Waals surface area contributed by atoms with Gasteiger partial charge in [0.1, 0.15) is 5.69 Å². The second-order valence-corrected chi connectivity index (χ2v) is 4.73. The van der Waals surface area contributed by atoms with Gasteiger partial charge in [0.25, 0.3) is 5.91 Å². The second-order valence-electron chi connectivity index (χ2n) is 4.73. The highest BCUT2D eigenvalue weighted by Crippen LogP contribution is 2.11. The molecule has 5 nitrogen and oxygen atoms in total. The number of hydrogen-bond donors (Lipinski definition) is 1. The fourth-order valence-electron chi connectivity index (χ4n) is 1.89. The Bertz CT molecular complexity index is 484. The van der Waals surface area contributed by atoms with Crippen molar-refractivity contribution in [3.63, 3.8) is 0 Å². The normalized spacial score (nSPS) is 10.6. The van der Waals surface area contributed by atoms with Gasteiger partial charge in [-0.15, -0.1) is 0 Å². The van der Waals surface area contributed by atoms with E-state index < -0.39 is 5.97 Å². The molecule has 0 saturated heterocycles. The number of hydrogen-bond acceptors (Lipinski definition) is 3. The van der Waals surface area contributed by atoms with Crippen LogP contribution in [0.3, 0.4) is 0 Å². The molecule has 0 aliphatic rings. The van der Waals surface area contributed by atoms with E-state index in [4.69, 9.17) is 5.11 Å². The van der Waals surface area contributed by atoms with Crippen molar-refractivity contribution < 1.29 is 14.7 Å². The van der Waals surface area contributed by atoms with E-state index in [0.29, 0.717) is 17.9 Å². The van der Waals surface area contributed by atoms with Crippen LogP contribution in [0.15, 0.2) is 12.1 Å². The molecule has 1 aromatic heterocycles. The largest absolute Gasteiger partial charge is 0.478 e. The minimum Gasteiger partial charge on any atom is -0.478 e. The van der Waals surface area contributed by atoms with Crippen molar-refractivity contribution in [1.82, 2.24) is 9.88 Å². The minimum atomic E-state index is -1.03. The third-order valence-electron chi connectivity index (χ3n) is 2.88. The summed E-state index contributed by atoms with van der Waals surface area (Å²) in [4.78, 5) is 29.1. The van der Waals surface area contributed by atoms with Gasteiger partial charge in [0, 0.05) is 12.6 Å². The number of aromatic carboxylic acids is 1. The molecule has 0 saturated carbocycles. The molecule has 0 radical (unpaired) electrons. The Morgan fingerprint density at radius 2 is 2.00 bits per heavy atom. The summed E-state index contributed by atoms with van der Waals surface area (Å²) in [6.07, 6.45) is 0.871. The van der Waals surface area contributed by atoms with Gasteiger partial charge in [-0.3, -0.25) is 4.79 Å². The Morgan fingerprint density at radius 1 is 1.37 bits per heavy atom. The zero-order valence-corrected chi connectivity index (χ0v) is 11.8. The van der Waals surface area contributed by atoms with E-state index in [2.05, 4.69) is 4.98 Å². The third kappa shape index (κ3) is 3.53. The number of carboxylic acid groups (broad SMARTS) is 1. The Balaban J connectivity index is 3.05. The number of nitrogens with zero attached hydrogens (tertiary/aromatic N) is 2. The minimum absolute atomic E-state index is 0.0914. The molecule has 0 atom stereocenters. The number of carboxylic acids is 1. The number of carbonyl (C=O) groups is 2. The molecule has 0 spiro atoms. The van der Waals surface area contributed by atoms with Crippen molar-refractivity contribution in [2.45, 2.75) is 40.2 Å². The molecule has 0 aliphatic heterocycles. The highest BCUT2D eigenvalue weighted by Gasteiger charge is 2.20. The number of amides is 1.